The molecule has 2 atom stereocenters. The second-order valence-corrected chi connectivity index (χ2v) is 9.66. The molecule has 30 heavy (non-hydrogen) atoms. The molecule has 0 unspecified atom stereocenters. The predicted molar refractivity (Wildman–Crippen MR) is 121 cm³/mol. The molecule has 0 heterocycles. The van der Waals surface area contributed by atoms with Gasteiger partial charge >= 0.3 is 0 Å². The lowest BCUT2D eigenvalue weighted by Gasteiger charge is -2.29. The van der Waals surface area contributed by atoms with Crippen LogP contribution in [0.1, 0.15) is 30.6 Å². The van der Waals surface area contributed by atoms with Crippen molar-refractivity contribution in [1.82, 2.24) is 5.32 Å². The van der Waals surface area contributed by atoms with E-state index in [9.17, 15) is 13.6 Å². The number of hydrogen-bond donors (Lipinski definition) is 1. The number of benzene rings is 3. The molecule has 1 N–H and O–H groups in total. The summed E-state index contributed by atoms with van der Waals surface area (Å²) in [5.41, 5.74) is 0.00422. The van der Waals surface area contributed by atoms with Crippen LogP contribution in [0, 0.1) is 17.6 Å². The van der Waals surface area contributed by atoms with E-state index in [4.69, 9.17) is 0 Å². The van der Waals surface area contributed by atoms with E-state index in [1.807, 2.05) is 36.4 Å². The van der Waals surface area contributed by atoms with Gasteiger partial charge in [-0.3, -0.25) is 4.79 Å². The fourth-order valence-electron chi connectivity index (χ4n) is 3.36. The van der Waals surface area contributed by atoms with Crippen LogP contribution in [-0.2, 0) is 0 Å². The van der Waals surface area contributed by atoms with E-state index in [1.54, 1.807) is 0 Å². The summed E-state index contributed by atoms with van der Waals surface area (Å²) in [6.07, 6.45) is 1.64. The zero-order valence-corrected chi connectivity index (χ0v) is 18.1. The molecule has 2 nitrogen and oxygen atoms in total. The van der Waals surface area contributed by atoms with Crippen molar-refractivity contribution in [3.05, 3.63) is 96.1 Å². The molecular formula is C25H26F2NOP. The topological polar surface area (TPSA) is 29.1 Å². The molecule has 1 amide bonds. The van der Waals surface area contributed by atoms with Gasteiger partial charge in [0.2, 0.25) is 0 Å². The van der Waals surface area contributed by atoms with E-state index in [-0.39, 0.29) is 17.5 Å². The SMILES string of the molecule is CC[C@H](C)[C@@H](CP(c1ccccc1)c1ccccc1)NC(=O)c1cc(F)cc(F)c1. The lowest BCUT2D eigenvalue weighted by molar-refractivity contribution is 0.0928. The van der Waals surface area contributed by atoms with Crippen LogP contribution in [0.5, 0.6) is 0 Å². The molecule has 0 radical (unpaired) electrons. The van der Waals surface area contributed by atoms with Gasteiger partial charge in [0.1, 0.15) is 11.6 Å². The first kappa shape index (κ1) is 22.1. The summed E-state index contributed by atoms with van der Waals surface area (Å²) in [6.45, 7) is 4.18. The van der Waals surface area contributed by atoms with Crippen LogP contribution >= 0.6 is 7.92 Å². The van der Waals surface area contributed by atoms with Crippen LogP contribution in [0.25, 0.3) is 0 Å². The van der Waals surface area contributed by atoms with Crippen molar-refractivity contribution >= 4 is 24.4 Å². The quantitative estimate of drug-likeness (QED) is 0.491. The minimum absolute atomic E-state index is 0.00422. The number of rotatable bonds is 8. The van der Waals surface area contributed by atoms with Gasteiger partial charge in [-0.2, -0.15) is 0 Å². The highest BCUT2D eigenvalue weighted by Crippen LogP contribution is 2.36. The summed E-state index contributed by atoms with van der Waals surface area (Å²) in [5, 5.41) is 5.52. The molecule has 0 aliphatic carbocycles. The third-order valence-corrected chi connectivity index (χ3v) is 7.89. The molecular weight excluding hydrogens is 399 g/mol. The smallest absolute Gasteiger partial charge is 0.251 e. The first-order chi connectivity index (χ1) is 14.5. The van der Waals surface area contributed by atoms with Gasteiger partial charge in [0.05, 0.1) is 0 Å². The molecule has 0 bridgehead atoms. The summed E-state index contributed by atoms with van der Waals surface area (Å²) in [4.78, 5) is 12.8. The Morgan fingerprint density at radius 1 is 0.900 bits per heavy atom. The Bertz CT molecular complexity index is 906. The predicted octanol–water partition coefficient (Wildman–Crippen LogP) is 5.24. The Labute approximate surface area is 178 Å². The Hall–Kier alpha value is -2.58. The minimum atomic E-state index is -0.754. The third-order valence-electron chi connectivity index (χ3n) is 5.29. The minimum Gasteiger partial charge on any atom is -0.349 e. The van der Waals surface area contributed by atoms with E-state index in [2.05, 4.69) is 43.4 Å². The summed E-state index contributed by atoms with van der Waals surface area (Å²) in [7, 11) is -0.703. The van der Waals surface area contributed by atoms with Gasteiger partial charge in [0.15, 0.2) is 0 Å². The van der Waals surface area contributed by atoms with Crippen LogP contribution in [0.3, 0.4) is 0 Å². The molecule has 5 heteroatoms. The van der Waals surface area contributed by atoms with Crippen LogP contribution in [0.15, 0.2) is 78.9 Å². The largest absolute Gasteiger partial charge is 0.349 e. The summed E-state index contributed by atoms with van der Waals surface area (Å²) >= 11 is 0. The fourth-order valence-corrected chi connectivity index (χ4v) is 5.99. The van der Waals surface area contributed by atoms with E-state index in [1.165, 1.54) is 10.6 Å². The van der Waals surface area contributed by atoms with Gasteiger partial charge in [-0.05, 0) is 42.7 Å². The molecule has 0 aliphatic rings. The lowest BCUT2D eigenvalue weighted by Crippen LogP contribution is -2.42. The third kappa shape index (κ3) is 5.73. The lowest BCUT2D eigenvalue weighted by atomic mass is 10.0. The number of halogens is 2. The zero-order valence-electron chi connectivity index (χ0n) is 17.2. The zero-order chi connectivity index (χ0) is 21.5. The molecule has 0 aliphatic heterocycles. The van der Waals surface area contributed by atoms with Crippen LogP contribution < -0.4 is 15.9 Å². The van der Waals surface area contributed by atoms with Crippen molar-refractivity contribution in [2.75, 3.05) is 6.16 Å². The van der Waals surface area contributed by atoms with Crippen molar-refractivity contribution in [2.24, 2.45) is 5.92 Å². The number of carbonyl (C=O) groups excluding carboxylic acids is 1. The van der Waals surface area contributed by atoms with Gasteiger partial charge in [-0.25, -0.2) is 8.78 Å². The Balaban J connectivity index is 1.89. The van der Waals surface area contributed by atoms with Gasteiger partial charge in [0, 0.05) is 17.7 Å². The standard InChI is InChI=1S/C25H26F2NOP/c1-3-18(2)24(28-25(29)19-14-20(26)16-21(27)15-19)17-30(22-10-6-4-7-11-22)23-12-8-5-9-13-23/h4-16,18,24H,3,17H2,1-2H3,(H,28,29)/t18-,24+/m0/s1. The monoisotopic (exact) mass is 425 g/mol. The van der Waals surface area contributed by atoms with Crippen molar-refractivity contribution in [2.45, 2.75) is 26.3 Å². The van der Waals surface area contributed by atoms with E-state index >= 15 is 0 Å². The molecule has 3 rings (SSSR count). The van der Waals surface area contributed by atoms with E-state index < -0.39 is 25.5 Å². The Morgan fingerprint density at radius 2 is 1.40 bits per heavy atom. The average molecular weight is 425 g/mol. The molecule has 0 fully saturated rings. The normalized spacial score (nSPS) is 13.1. The first-order valence-corrected chi connectivity index (χ1v) is 11.6. The maximum Gasteiger partial charge on any atom is 0.251 e. The Morgan fingerprint density at radius 3 is 1.87 bits per heavy atom. The fraction of sp³-hybridized carbons (Fsp3) is 0.240. The number of nitrogens with one attached hydrogen (secondary N) is 1. The van der Waals surface area contributed by atoms with Gasteiger partial charge < -0.3 is 5.32 Å². The Kier molecular flexibility index (Phi) is 7.70. The van der Waals surface area contributed by atoms with Crippen LogP contribution in [0.2, 0.25) is 0 Å². The number of hydrogen-bond acceptors (Lipinski definition) is 1. The maximum absolute atomic E-state index is 13.6. The summed E-state index contributed by atoms with van der Waals surface area (Å²) in [6, 6.07) is 23.4. The highest BCUT2D eigenvalue weighted by molar-refractivity contribution is 7.73. The van der Waals surface area contributed by atoms with E-state index in [0.29, 0.717) is 0 Å². The molecule has 0 spiro atoms. The number of amides is 1. The maximum atomic E-state index is 13.6. The highest BCUT2D eigenvalue weighted by Gasteiger charge is 2.25. The number of carbonyl (C=O) groups is 1. The average Bonchev–Trinajstić information content (AvgIpc) is 2.76. The molecule has 156 valence electrons. The van der Waals surface area contributed by atoms with Crippen molar-refractivity contribution in [3.63, 3.8) is 0 Å². The van der Waals surface area contributed by atoms with Crippen LogP contribution in [-0.4, -0.2) is 18.1 Å². The summed E-state index contributed by atoms with van der Waals surface area (Å²) in [5.74, 6) is -1.74. The second-order valence-electron chi connectivity index (χ2n) is 7.41. The highest BCUT2D eigenvalue weighted by atomic mass is 31.1. The molecule has 0 aromatic heterocycles. The van der Waals surface area contributed by atoms with Gasteiger partial charge in [-0.15, -0.1) is 0 Å². The van der Waals surface area contributed by atoms with E-state index in [0.717, 1.165) is 30.8 Å². The van der Waals surface area contributed by atoms with Crippen molar-refractivity contribution < 1.29 is 13.6 Å². The molecule has 0 saturated heterocycles. The molecule has 3 aromatic rings. The summed E-state index contributed by atoms with van der Waals surface area (Å²) < 4.78 is 27.2. The second kappa shape index (κ2) is 10.4. The van der Waals surface area contributed by atoms with Crippen molar-refractivity contribution in [1.29, 1.82) is 0 Å². The van der Waals surface area contributed by atoms with Gasteiger partial charge in [-0.1, -0.05) is 80.9 Å². The molecule has 0 saturated carbocycles. The van der Waals surface area contributed by atoms with Crippen LogP contribution in [0.4, 0.5) is 8.78 Å². The molecule has 3 aromatic carbocycles. The van der Waals surface area contributed by atoms with Crippen molar-refractivity contribution in [3.8, 4) is 0 Å². The first-order valence-electron chi connectivity index (χ1n) is 10.1. The van der Waals surface area contributed by atoms with Gasteiger partial charge in [0.25, 0.3) is 5.91 Å².